The number of nitrogens with two attached hydrogens (primary N) is 1. The molecule has 0 atom stereocenters. The van der Waals surface area contributed by atoms with Crippen molar-refractivity contribution in [3.05, 3.63) is 83.3 Å². The van der Waals surface area contributed by atoms with Crippen LogP contribution in [0.4, 0.5) is 11.5 Å². The number of hydrogen-bond acceptors (Lipinski definition) is 5. The van der Waals surface area contributed by atoms with Crippen molar-refractivity contribution in [3.63, 3.8) is 0 Å². The second-order valence-electron chi connectivity index (χ2n) is 6.01. The highest BCUT2D eigenvalue weighted by Crippen LogP contribution is 2.19. The fraction of sp³-hybridized carbons (Fsp3) is 0.100. The Morgan fingerprint density at radius 2 is 1.93 bits per heavy atom. The fourth-order valence-electron chi connectivity index (χ4n) is 2.54. The van der Waals surface area contributed by atoms with Crippen molar-refractivity contribution in [2.45, 2.75) is 13.5 Å². The molecule has 0 amide bonds. The minimum Gasteiger partial charge on any atom is -0.398 e. The second kappa shape index (κ2) is 8.37. The van der Waals surface area contributed by atoms with Gasteiger partial charge in [0.1, 0.15) is 5.82 Å². The summed E-state index contributed by atoms with van der Waals surface area (Å²) in [6.07, 6.45) is 3.26. The van der Waals surface area contributed by atoms with Crippen LogP contribution in [-0.2, 0) is 6.54 Å². The summed E-state index contributed by atoms with van der Waals surface area (Å²) in [5, 5.41) is 15.0. The Labute approximate surface area is 163 Å². The maximum absolute atomic E-state index is 8.38. The molecule has 136 valence electrons. The normalized spacial score (nSPS) is 10.3. The third kappa shape index (κ3) is 4.86. The average molecular weight is 376 g/mol. The van der Waals surface area contributed by atoms with E-state index < -0.39 is 0 Å². The molecule has 0 saturated carbocycles. The number of benzene rings is 1. The zero-order chi connectivity index (χ0) is 19.2. The lowest BCUT2D eigenvalue weighted by Gasteiger charge is -2.12. The molecule has 0 unspecified atom stereocenters. The lowest BCUT2D eigenvalue weighted by Crippen LogP contribution is -2.28. The van der Waals surface area contributed by atoms with Crippen molar-refractivity contribution >= 4 is 34.5 Å². The van der Waals surface area contributed by atoms with Crippen LogP contribution in [0.2, 0.25) is 0 Å². The van der Waals surface area contributed by atoms with Crippen LogP contribution in [0.1, 0.15) is 22.4 Å². The maximum atomic E-state index is 8.38. The Kier molecular flexibility index (Phi) is 5.73. The molecule has 0 radical (unpaired) electrons. The first-order valence-corrected chi connectivity index (χ1v) is 8.80. The first-order valence-electron chi connectivity index (χ1n) is 8.39. The minimum atomic E-state index is 0.307. The van der Waals surface area contributed by atoms with E-state index >= 15 is 0 Å². The van der Waals surface area contributed by atoms with E-state index in [9.17, 15) is 0 Å². The van der Waals surface area contributed by atoms with Gasteiger partial charge in [-0.3, -0.25) is 10.4 Å². The topological polar surface area (TPSA) is 99.7 Å². The number of aromatic nitrogens is 2. The molecule has 0 aliphatic heterocycles. The Morgan fingerprint density at radius 3 is 2.63 bits per heavy atom. The summed E-state index contributed by atoms with van der Waals surface area (Å²) in [5.41, 5.74) is 10.2. The molecule has 7 heteroatoms. The number of nitrogen functional groups attached to an aromatic ring is 1. The van der Waals surface area contributed by atoms with Gasteiger partial charge < -0.3 is 16.4 Å². The van der Waals surface area contributed by atoms with Crippen LogP contribution < -0.4 is 16.4 Å². The SMILES string of the molecule is Cc1cc(C(=N)c2cnc(NC(=S)NCc3ccccc3)cc2N)ccn1. The third-order valence-electron chi connectivity index (χ3n) is 3.93. The lowest BCUT2D eigenvalue weighted by molar-refractivity contribution is 0.925. The van der Waals surface area contributed by atoms with Crippen molar-refractivity contribution < 1.29 is 0 Å². The molecule has 6 nitrogen and oxygen atoms in total. The summed E-state index contributed by atoms with van der Waals surface area (Å²) in [5.74, 6) is 0.528. The molecule has 0 bridgehead atoms. The molecule has 0 spiro atoms. The summed E-state index contributed by atoms with van der Waals surface area (Å²) in [7, 11) is 0. The molecular weight excluding hydrogens is 356 g/mol. The van der Waals surface area contributed by atoms with E-state index in [4.69, 9.17) is 23.4 Å². The summed E-state index contributed by atoms with van der Waals surface area (Å²) in [6.45, 7) is 2.50. The fourth-order valence-corrected chi connectivity index (χ4v) is 2.72. The molecule has 0 saturated heterocycles. The molecular formula is C20H20N6S. The van der Waals surface area contributed by atoms with Gasteiger partial charge in [-0.25, -0.2) is 4.98 Å². The van der Waals surface area contributed by atoms with Crippen LogP contribution >= 0.6 is 12.2 Å². The van der Waals surface area contributed by atoms with Gasteiger partial charge in [0, 0.05) is 47.5 Å². The van der Waals surface area contributed by atoms with Gasteiger partial charge >= 0.3 is 0 Å². The van der Waals surface area contributed by atoms with Gasteiger partial charge in [-0.15, -0.1) is 0 Å². The van der Waals surface area contributed by atoms with Crippen molar-refractivity contribution in [2.24, 2.45) is 0 Å². The van der Waals surface area contributed by atoms with Gasteiger partial charge in [-0.1, -0.05) is 30.3 Å². The lowest BCUT2D eigenvalue weighted by atomic mass is 10.0. The van der Waals surface area contributed by atoms with Crippen molar-refractivity contribution in [1.82, 2.24) is 15.3 Å². The summed E-state index contributed by atoms with van der Waals surface area (Å²) in [4.78, 5) is 8.48. The number of aryl methyl sites for hydroxylation is 1. The number of pyridine rings is 2. The highest BCUT2D eigenvalue weighted by molar-refractivity contribution is 7.80. The summed E-state index contributed by atoms with van der Waals surface area (Å²) in [6, 6.07) is 15.3. The number of nitrogens with zero attached hydrogens (tertiary/aromatic N) is 2. The van der Waals surface area contributed by atoms with E-state index in [-0.39, 0.29) is 0 Å². The molecule has 0 aliphatic rings. The largest absolute Gasteiger partial charge is 0.398 e. The van der Waals surface area contributed by atoms with Crippen LogP contribution in [-0.4, -0.2) is 20.8 Å². The zero-order valence-electron chi connectivity index (χ0n) is 14.9. The van der Waals surface area contributed by atoms with Gasteiger partial charge in [0.05, 0.1) is 5.71 Å². The summed E-state index contributed by atoms with van der Waals surface area (Å²) < 4.78 is 0. The molecule has 0 aliphatic carbocycles. The number of anilines is 2. The predicted molar refractivity (Wildman–Crippen MR) is 113 cm³/mol. The average Bonchev–Trinajstić information content (AvgIpc) is 2.67. The standard InChI is InChI=1S/C20H20N6S/c1-13-9-15(7-8-23-13)19(22)16-12-24-18(10-17(16)21)26-20(27)25-11-14-5-3-2-4-6-14/h2-10,12,22H,11H2,1H3,(H4,21,24,25,26,27). The molecule has 3 aromatic rings. The molecule has 0 fully saturated rings. The van der Waals surface area contributed by atoms with Gasteiger partial charge in [0.15, 0.2) is 5.11 Å². The van der Waals surface area contributed by atoms with Crippen molar-refractivity contribution in [1.29, 1.82) is 5.41 Å². The molecule has 5 N–H and O–H groups in total. The molecule has 2 heterocycles. The number of nitrogens with one attached hydrogen (secondary N) is 3. The van der Waals surface area contributed by atoms with E-state index in [0.29, 0.717) is 34.4 Å². The quantitative estimate of drug-likeness (QED) is 0.403. The van der Waals surface area contributed by atoms with Crippen LogP contribution in [0.15, 0.2) is 60.9 Å². The Morgan fingerprint density at radius 1 is 1.15 bits per heavy atom. The van der Waals surface area contributed by atoms with E-state index in [1.165, 1.54) is 0 Å². The predicted octanol–water partition coefficient (Wildman–Crippen LogP) is 3.27. The van der Waals surface area contributed by atoms with E-state index in [1.54, 1.807) is 24.5 Å². The van der Waals surface area contributed by atoms with Gasteiger partial charge in [0.2, 0.25) is 0 Å². The maximum Gasteiger partial charge on any atom is 0.172 e. The zero-order valence-corrected chi connectivity index (χ0v) is 15.7. The molecule has 27 heavy (non-hydrogen) atoms. The Hall–Kier alpha value is -3.32. The van der Waals surface area contributed by atoms with Gasteiger partial charge in [-0.2, -0.15) is 0 Å². The van der Waals surface area contributed by atoms with Gasteiger partial charge in [-0.05, 0) is 36.8 Å². The number of rotatable bonds is 5. The third-order valence-corrected chi connectivity index (χ3v) is 4.17. The summed E-state index contributed by atoms with van der Waals surface area (Å²) >= 11 is 5.30. The van der Waals surface area contributed by atoms with Crippen molar-refractivity contribution in [2.75, 3.05) is 11.1 Å². The Balaban J connectivity index is 1.65. The van der Waals surface area contributed by atoms with E-state index in [1.807, 2.05) is 43.3 Å². The molecule has 1 aromatic carbocycles. The number of hydrogen-bond donors (Lipinski definition) is 4. The van der Waals surface area contributed by atoms with E-state index in [0.717, 1.165) is 16.8 Å². The highest BCUT2D eigenvalue weighted by Gasteiger charge is 2.11. The van der Waals surface area contributed by atoms with Crippen LogP contribution in [0.3, 0.4) is 0 Å². The highest BCUT2D eigenvalue weighted by atomic mass is 32.1. The molecule has 3 rings (SSSR count). The smallest absolute Gasteiger partial charge is 0.172 e. The van der Waals surface area contributed by atoms with E-state index in [2.05, 4.69) is 20.6 Å². The minimum absolute atomic E-state index is 0.307. The van der Waals surface area contributed by atoms with Crippen LogP contribution in [0, 0.1) is 12.3 Å². The van der Waals surface area contributed by atoms with Crippen LogP contribution in [0.5, 0.6) is 0 Å². The second-order valence-corrected chi connectivity index (χ2v) is 6.42. The van der Waals surface area contributed by atoms with Gasteiger partial charge in [0.25, 0.3) is 0 Å². The Bertz CT molecular complexity index is 971. The van der Waals surface area contributed by atoms with Crippen molar-refractivity contribution in [3.8, 4) is 0 Å². The molecule has 2 aromatic heterocycles. The number of thiocarbonyl (C=S) groups is 1. The first kappa shape index (κ1) is 18.5. The first-order chi connectivity index (χ1) is 13.0. The van der Waals surface area contributed by atoms with Crippen LogP contribution in [0.25, 0.3) is 0 Å². The monoisotopic (exact) mass is 376 g/mol.